The van der Waals surface area contributed by atoms with Crippen LogP contribution in [0.2, 0.25) is 0 Å². The Hall–Kier alpha value is -1.58. The highest BCUT2D eigenvalue weighted by Gasteiger charge is 2.29. The van der Waals surface area contributed by atoms with Gasteiger partial charge in [0.2, 0.25) is 11.8 Å². The number of amides is 1. The van der Waals surface area contributed by atoms with Gasteiger partial charge in [-0.2, -0.15) is 0 Å². The van der Waals surface area contributed by atoms with Gasteiger partial charge in [0.25, 0.3) is 0 Å². The summed E-state index contributed by atoms with van der Waals surface area (Å²) in [7, 11) is 3.45. The van der Waals surface area contributed by atoms with Crippen LogP contribution in [0.15, 0.2) is 18.3 Å². The van der Waals surface area contributed by atoms with Crippen molar-refractivity contribution in [3.8, 4) is 5.88 Å². The van der Waals surface area contributed by atoms with Gasteiger partial charge >= 0.3 is 0 Å². The van der Waals surface area contributed by atoms with Gasteiger partial charge in [-0.05, 0) is 18.4 Å². The zero-order chi connectivity index (χ0) is 11.5. The first kappa shape index (κ1) is 10.9. The van der Waals surface area contributed by atoms with E-state index in [2.05, 4.69) is 4.98 Å². The van der Waals surface area contributed by atoms with Crippen molar-refractivity contribution in [3.63, 3.8) is 0 Å². The average Bonchev–Trinajstić information content (AvgIpc) is 3.13. The van der Waals surface area contributed by atoms with Gasteiger partial charge in [0.1, 0.15) is 0 Å². The minimum absolute atomic E-state index is 0.162. The van der Waals surface area contributed by atoms with Crippen molar-refractivity contribution in [2.24, 2.45) is 0 Å². The van der Waals surface area contributed by atoms with Crippen molar-refractivity contribution in [1.29, 1.82) is 0 Å². The predicted molar refractivity (Wildman–Crippen MR) is 60.3 cm³/mol. The van der Waals surface area contributed by atoms with Crippen LogP contribution in [0.3, 0.4) is 0 Å². The molecule has 1 aliphatic carbocycles. The zero-order valence-electron chi connectivity index (χ0n) is 9.64. The number of hydrogen-bond acceptors (Lipinski definition) is 3. The largest absolute Gasteiger partial charge is 0.481 e. The van der Waals surface area contributed by atoms with Crippen LogP contribution in [0.4, 0.5) is 0 Å². The van der Waals surface area contributed by atoms with Gasteiger partial charge in [-0.3, -0.25) is 4.79 Å². The van der Waals surface area contributed by atoms with Crippen molar-refractivity contribution < 1.29 is 9.53 Å². The number of hydrogen-bond donors (Lipinski definition) is 0. The third kappa shape index (κ3) is 2.51. The maximum Gasteiger partial charge on any atom is 0.227 e. The topological polar surface area (TPSA) is 42.4 Å². The van der Waals surface area contributed by atoms with E-state index in [-0.39, 0.29) is 5.91 Å². The fourth-order valence-corrected chi connectivity index (χ4v) is 1.60. The number of aromatic nitrogens is 1. The molecule has 0 atom stereocenters. The van der Waals surface area contributed by atoms with E-state index in [1.54, 1.807) is 19.4 Å². The second kappa shape index (κ2) is 4.51. The first-order chi connectivity index (χ1) is 7.70. The lowest BCUT2D eigenvalue weighted by Crippen LogP contribution is -2.30. The molecule has 1 aliphatic rings. The Morgan fingerprint density at radius 1 is 1.56 bits per heavy atom. The maximum atomic E-state index is 11.8. The van der Waals surface area contributed by atoms with Crippen LogP contribution in [-0.2, 0) is 11.2 Å². The summed E-state index contributed by atoms with van der Waals surface area (Å²) < 4.78 is 4.96. The lowest BCUT2D eigenvalue weighted by Gasteiger charge is -2.15. The molecule has 16 heavy (non-hydrogen) atoms. The summed E-state index contributed by atoms with van der Waals surface area (Å²) in [4.78, 5) is 17.7. The Balaban J connectivity index is 1.94. The molecule has 1 aromatic rings. The Kier molecular flexibility index (Phi) is 3.08. The number of carbonyl (C=O) groups excluding carboxylic acids is 1. The van der Waals surface area contributed by atoms with Crippen LogP contribution in [0.25, 0.3) is 0 Å². The SMILES string of the molecule is COc1ccc(CC(=O)N(C)C2CC2)cn1. The normalized spacial score (nSPS) is 14.6. The highest BCUT2D eigenvalue weighted by atomic mass is 16.5. The van der Waals surface area contributed by atoms with E-state index in [1.807, 2.05) is 18.0 Å². The Morgan fingerprint density at radius 3 is 2.81 bits per heavy atom. The first-order valence-electron chi connectivity index (χ1n) is 5.45. The van der Waals surface area contributed by atoms with E-state index in [1.165, 1.54) is 0 Å². The molecule has 0 N–H and O–H groups in total. The van der Waals surface area contributed by atoms with E-state index in [9.17, 15) is 4.79 Å². The van der Waals surface area contributed by atoms with Crippen LogP contribution in [0.5, 0.6) is 5.88 Å². The van der Waals surface area contributed by atoms with Gasteiger partial charge in [-0.15, -0.1) is 0 Å². The summed E-state index contributed by atoms with van der Waals surface area (Å²) in [6, 6.07) is 4.13. The maximum absolute atomic E-state index is 11.8. The quantitative estimate of drug-likeness (QED) is 0.767. The average molecular weight is 220 g/mol. The Labute approximate surface area is 95.2 Å². The molecule has 1 heterocycles. The minimum atomic E-state index is 0.162. The second-order valence-electron chi connectivity index (χ2n) is 4.12. The molecule has 0 bridgehead atoms. The van der Waals surface area contributed by atoms with Crippen molar-refractivity contribution in [1.82, 2.24) is 9.88 Å². The number of nitrogens with zero attached hydrogens (tertiary/aromatic N) is 2. The monoisotopic (exact) mass is 220 g/mol. The fraction of sp³-hybridized carbons (Fsp3) is 0.500. The van der Waals surface area contributed by atoms with Crippen molar-refractivity contribution in [2.75, 3.05) is 14.2 Å². The third-order valence-corrected chi connectivity index (χ3v) is 2.85. The van der Waals surface area contributed by atoms with Gasteiger partial charge in [0.05, 0.1) is 13.5 Å². The lowest BCUT2D eigenvalue weighted by molar-refractivity contribution is -0.129. The van der Waals surface area contributed by atoms with E-state index >= 15 is 0 Å². The molecule has 2 rings (SSSR count). The van der Waals surface area contributed by atoms with E-state index in [0.29, 0.717) is 18.3 Å². The summed E-state index contributed by atoms with van der Waals surface area (Å²) in [6.07, 6.45) is 4.40. The van der Waals surface area contributed by atoms with Gasteiger partial charge in [-0.25, -0.2) is 4.98 Å². The molecule has 0 aliphatic heterocycles. The molecule has 1 aromatic heterocycles. The molecule has 0 saturated heterocycles. The van der Waals surface area contributed by atoms with Crippen molar-refractivity contribution >= 4 is 5.91 Å². The summed E-state index contributed by atoms with van der Waals surface area (Å²) in [5.41, 5.74) is 0.929. The Morgan fingerprint density at radius 2 is 2.31 bits per heavy atom. The molecule has 0 unspecified atom stereocenters. The summed E-state index contributed by atoms with van der Waals surface area (Å²) in [5.74, 6) is 0.737. The number of likely N-dealkylation sites (N-methyl/N-ethyl adjacent to an activating group) is 1. The summed E-state index contributed by atoms with van der Waals surface area (Å²) in [5, 5.41) is 0. The predicted octanol–water partition coefficient (Wildman–Crippen LogP) is 1.25. The van der Waals surface area contributed by atoms with Crippen LogP contribution >= 0.6 is 0 Å². The number of methoxy groups -OCH3 is 1. The van der Waals surface area contributed by atoms with E-state index in [0.717, 1.165) is 18.4 Å². The summed E-state index contributed by atoms with van der Waals surface area (Å²) in [6.45, 7) is 0. The molecule has 86 valence electrons. The summed E-state index contributed by atoms with van der Waals surface area (Å²) >= 11 is 0. The number of rotatable bonds is 4. The van der Waals surface area contributed by atoms with Crippen LogP contribution in [-0.4, -0.2) is 36.0 Å². The molecule has 0 aromatic carbocycles. The fourth-order valence-electron chi connectivity index (χ4n) is 1.60. The molecule has 0 spiro atoms. The van der Waals surface area contributed by atoms with E-state index in [4.69, 9.17) is 4.74 Å². The number of carbonyl (C=O) groups is 1. The van der Waals surface area contributed by atoms with E-state index < -0.39 is 0 Å². The second-order valence-corrected chi connectivity index (χ2v) is 4.12. The molecule has 1 fully saturated rings. The molecule has 4 heteroatoms. The molecule has 1 amide bonds. The van der Waals surface area contributed by atoms with Gasteiger partial charge < -0.3 is 9.64 Å². The van der Waals surface area contributed by atoms with Crippen LogP contribution < -0.4 is 4.74 Å². The molecular weight excluding hydrogens is 204 g/mol. The highest BCUT2D eigenvalue weighted by molar-refractivity contribution is 5.79. The smallest absolute Gasteiger partial charge is 0.227 e. The number of pyridine rings is 1. The third-order valence-electron chi connectivity index (χ3n) is 2.85. The van der Waals surface area contributed by atoms with Crippen LogP contribution in [0.1, 0.15) is 18.4 Å². The first-order valence-corrected chi connectivity index (χ1v) is 5.45. The molecule has 1 saturated carbocycles. The van der Waals surface area contributed by atoms with Crippen LogP contribution in [0, 0.1) is 0 Å². The van der Waals surface area contributed by atoms with Gasteiger partial charge in [0, 0.05) is 25.4 Å². The number of ether oxygens (including phenoxy) is 1. The molecule has 4 nitrogen and oxygen atoms in total. The van der Waals surface area contributed by atoms with Crippen molar-refractivity contribution in [3.05, 3.63) is 23.9 Å². The van der Waals surface area contributed by atoms with Crippen molar-refractivity contribution in [2.45, 2.75) is 25.3 Å². The van der Waals surface area contributed by atoms with Gasteiger partial charge in [-0.1, -0.05) is 6.07 Å². The standard InChI is InChI=1S/C12H16N2O2/c1-14(10-4-5-10)12(15)7-9-3-6-11(16-2)13-8-9/h3,6,8,10H,4-5,7H2,1-2H3. The zero-order valence-corrected chi connectivity index (χ0v) is 9.64. The molecular formula is C12H16N2O2. The van der Waals surface area contributed by atoms with Gasteiger partial charge in [0.15, 0.2) is 0 Å². The molecule has 0 radical (unpaired) electrons. The highest BCUT2D eigenvalue weighted by Crippen LogP contribution is 2.25. The lowest BCUT2D eigenvalue weighted by atomic mass is 10.2. The Bertz CT molecular complexity index is 371. The minimum Gasteiger partial charge on any atom is -0.481 e.